The Morgan fingerprint density at radius 2 is 1.60 bits per heavy atom. The number of halogens is 2. The van der Waals surface area contributed by atoms with Crippen molar-refractivity contribution in [3.8, 4) is 0 Å². The van der Waals surface area contributed by atoms with Crippen LogP contribution in [0.5, 0.6) is 0 Å². The SMILES string of the molecule is CC(C)(C)NC[Si](C)(C1=CC=CC1)C(C)(C)C.[Cl-].[Cl-].[Ti+2]. The van der Waals surface area contributed by atoms with Crippen molar-refractivity contribution in [3.63, 3.8) is 0 Å². The molecule has 1 aliphatic rings. The van der Waals surface area contributed by atoms with Crippen molar-refractivity contribution in [2.75, 3.05) is 6.17 Å². The minimum atomic E-state index is -1.44. The number of nitrogens with one attached hydrogen (secondary N) is 1. The monoisotopic (exact) mass is 369 g/mol. The molecule has 0 aromatic rings. The summed E-state index contributed by atoms with van der Waals surface area (Å²) < 4.78 is 0. The van der Waals surface area contributed by atoms with Gasteiger partial charge in [-0.05, 0) is 38.4 Å². The molecule has 1 rings (SSSR count). The molecule has 0 saturated heterocycles. The van der Waals surface area contributed by atoms with Crippen LogP contribution >= 0.6 is 0 Å². The van der Waals surface area contributed by atoms with Gasteiger partial charge >= 0.3 is 21.7 Å². The molecule has 1 N–H and O–H groups in total. The fourth-order valence-electron chi connectivity index (χ4n) is 2.16. The van der Waals surface area contributed by atoms with Gasteiger partial charge in [-0.3, -0.25) is 0 Å². The van der Waals surface area contributed by atoms with Crippen LogP contribution in [-0.4, -0.2) is 19.8 Å². The summed E-state index contributed by atoms with van der Waals surface area (Å²) in [5, 5.41) is 5.84. The van der Waals surface area contributed by atoms with Gasteiger partial charge in [0.1, 0.15) is 0 Å². The number of rotatable bonds is 3. The quantitative estimate of drug-likeness (QED) is 0.580. The zero-order valence-corrected chi connectivity index (χ0v) is 18.0. The Hall–Kier alpha value is 0.951. The van der Waals surface area contributed by atoms with Gasteiger partial charge in [0.15, 0.2) is 0 Å². The Balaban J connectivity index is -0.000000963. The normalized spacial score (nSPS) is 17.2. The van der Waals surface area contributed by atoms with E-state index in [4.69, 9.17) is 0 Å². The van der Waals surface area contributed by atoms with E-state index < -0.39 is 8.07 Å². The Kier molecular flexibility index (Phi) is 11.9. The molecule has 0 aromatic carbocycles. The van der Waals surface area contributed by atoms with Crippen molar-refractivity contribution >= 4 is 8.07 Å². The first-order valence-electron chi connectivity index (χ1n) is 6.67. The van der Waals surface area contributed by atoms with Crippen LogP contribution in [0, 0.1) is 0 Å². The van der Waals surface area contributed by atoms with Gasteiger partial charge in [-0.1, -0.05) is 50.7 Å². The molecule has 0 bridgehead atoms. The van der Waals surface area contributed by atoms with Crippen LogP contribution in [0.1, 0.15) is 48.0 Å². The van der Waals surface area contributed by atoms with Crippen LogP contribution in [0.15, 0.2) is 23.4 Å². The standard InChI is InChI=1S/C15H29NSi.2ClH.Ti/c1-14(2,3)16-12-17(7,15(4,5)6)13-10-8-9-11-13;;;/h8-10,16H,11-12H2,1-7H3;2*1H;/q;;;+2/p-2. The zero-order valence-electron chi connectivity index (χ0n) is 13.9. The molecule has 0 spiro atoms. The van der Waals surface area contributed by atoms with Crippen molar-refractivity contribution in [1.82, 2.24) is 5.32 Å². The van der Waals surface area contributed by atoms with Crippen molar-refractivity contribution in [1.29, 1.82) is 0 Å². The van der Waals surface area contributed by atoms with E-state index in [1.54, 1.807) is 5.20 Å². The topological polar surface area (TPSA) is 12.0 Å². The van der Waals surface area contributed by atoms with Gasteiger partial charge in [0.2, 0.25) is 0 Å². The Morgan fingerprint density at radius 3 is 1.90 bits per heavy atom. The van der Waals surface area contributed by atoms with Crippen molar-refractivity contribution < 1.29 is 46.5 Å². The number of hydrogen-bond acceptors (Lipinski definition) is 1. The fraction of sp³-hybridized carbons (Fsp3) is 0.733. The first kappa shape index (κ1) is 25.9. The second-order valence-corrected chi connectivity index (χ2v) is 12.7. The molecular weight excluding hydrogens is 341 g/mol. The van der Waals surface area contributed by atoms with Gasteiger partial charge in [0.25, 0.3) is 0 Å². The van der Waals surface area contributed by atoms with Crippen molar-refractivity contribution in [2.45, 2.75) is 65.1 Å². The van der Waals surface area contributed by atoms with Gasteiger partial charge in [0.05, 0.1) is 8.07 Å². The van der Waals surface area contributed by atoms with Gasteiger partial charge in [-0.2, -0.15) is 0 Å². The predicted octanol–water partition coefficient (Wildman–Crippen LogP) is -1.78. The van der Waals surface area contributed by atoms with Crippen LogP contribution in [0.4, 0.5) is 0 Å². The third kappa shape index (κ3) is 6.81. The molecule has 20 heavy (non-hydrogen) atoms. The molecular formula is C15H29Cl2NSiTi. The molecule has 116 valence electrons. The Morgan fingerprint density at radius 1 is 1.10 bits per heavy atom. The molecule has 0 heterocycles. The van der Waals surface area contributed by atoms with E-state index in [9.17, 15) is 0 Å². The predicted molar refractivity (Wildman–Crippen MR) is 80.9 cm³/mol. The van der Waals surface area contributed by atoms with Gasteiger partial charge in [-0.25, -0.2) is 0 Å². The Bertz CT molecular complexity index is 343. The minimum absolute atomic E-state index is 0. The minimum Gasteiger partial charge on any atom is -1.00 e. The molecule has 1 aliphatic carbocycles. The second kappa shape index (κ2) is 9.17. The summed E-state index contributed by atoms with van der Waals surface area (Å²) in [7, 11) is -1.44. The first-order valence-corrected chi connectivity index (χ1v) is 9.38. The maximum Gasteiger partial charge on any atom is 2.00 e. The summed E-state index contributed by atoms with van der Waals surface area (Å²) >= 11 is 0. The fourth-order valence-corrected chi connectivity index (χ4v) is 5.80. The zero-order chi connectivity index (χ0) is 13.3. The molecule has 0 fully saturated rings. The van der Waals surface area contributed by atoms with Crippen LogP contribution in [0.3, 0.4) is 0 Å². The summed E-state index contributed by atoms with van der Waals surface area (Å²) in [6, 6.07) is 0. The van der Waals surface area contributed by atoms with E-state index in [0.717, 1.165) is 0 Å². The molecule has 0 radical (unpaired) electrons. The van der Waals surface area contributed by atoms with E-state index in [-0.39, 0.29) is 52.1 Å². The summed E-state index contributed by atoms with van der Waals surface area (Å²) in [6.45, 7) is 16.5. The van der Waals surface area contributed by atoms with Crippen LogP contribution in [-0.2, 0) is 21.7 Å². The number of hydrogen-bond donors (Lipinski definition) is 1. The molecule has 0 aromatic heterocycles. The van der Waals surface area contributed by atoms with Gasteiger partial charge < -0.3 is 30.1 Å². The van der Waals surface area contributed by atoms with E-state index in [1.807, 2.05) is 0 Å². The molecule has 0 saturated carbocycles. The molecule has 1 nitrogen and oxygen atoms in total. The molecule has 0 amide bonds. The summed E-state index contributed by atoms with van der Waals surface area (Å²) in [6.07, 6.45) is 9.23. The average Bonchev–Trinajstić information content (AvgIpc) is 2.63. The smallest absolute Gasteiger partial charge is 1.00 e. The molecule has 1 unspecified atom stereocenters. The van der Waals surface area contributed by atoms with E-state index in [0.29, 0.717) is 5.04 Å². The second-order valence-electron chi connectivity index (χ2n) is 7.51. The van der Waals surface area contributed by atoms with Gasteiger partial charge in [-0.15, -0.1) is 0 Å². The third-order valence-electron chi connectivity index (χ3n) is 4.11. The summed E-state index contributed by atoms with van der Waals surface area (Å²) in [5.74, 6) is 0. The van der Waals surface area contributed by atoms with Crippen molar-refractivity contribution in [3.05, 3.63) is 23.4 Å². The first-order chi connectivity index (χ1) is 7.56. The van der Waals surface area contributed by atoms with E-state index in [2.05, 4.69) is 71.6 Å². The molecule has 1 atom stereocenters. The summed E-state index contributed by atoms with van der Waals surface area (Å²) in [4.78, 5) is 0. The van der Waals surface area contributed by atoms with Crippen LogP contribution in [0.2, 0.25) is 11.6 Å². The maximum atomic E-state index is 3.74. The maximum absolute atomic E-state index is 3.74. The summed E-state index contributed by atoms with van der Waals surface area (Å²) in [5.41, 5.74) is 0.214. The van der Waals surface area contributed by atoms with Gasteiger partial charge in [0, 0.05) is 5.54 Å². The van der Waals surface area contributed by atoms with E-state index in [1.165, 1.54) is 12.6 Å². The molecule has 0 aliphatic heterocycles. The van der Waals surface area contributed by atoms with Crippen LogP contribution in [0.25, 0.3) is 0 Å². The van der Waals surface area contributed by atoms with Crippen LogP contribution < -0.4 is 30.1 Å². The molecule has 5 heteroatoms. The average molecular weight is 370 g/mol. The van der Waals surface area contributed by atoms with Crippen molar-refractivity contribution in [2.24, 2.45) is 0 Å². The Labute approximate surface area is 154 Å². The third-order valence-corrected chi connectivity index (χ3v) is 10.1. The number of allylic oxidation sites excluding steroid dienone is 4. The van der Waals surface area contributed by atoms with E-state index >= 15 is 0 Å². The largest absolute Gasteiger partial charge is 2.00 e.